The fourth-order valence-electron chi connectivity index (χ4n) is 0.837. The Morgan fingerprint density at radius 1 is 1.88 bits per heavy atom. The minimum Gasteiger partial charge on any atom is -0.396 e. The summed E-state index contributed by atoms with van der Waals surface area (Å²) in [5.41, 5.74) is 0. The van der Waals surface area contributed by atoms with Crippen molar-refractivity contribution in [2.45, 2.75) is 19.4 Å². The molecule has 0 aromatic heterocycles. The van der Waals surface area contributed by atoms with Crippen LogP contribution in [0.4, 0.5) is 0 Å². The highest BCUT2D eigenvalue weighted by atomic mass is 16.6. The standard InChI is InChI=1S/C6H12O2/c1-2-5(3-7)6-4-8-6/h5-7H,2-4H2,1H3. The summed E-state index contributed by atoms with van der Waals surface area (Å²) in [6, 6.07) is 0. The number of rotatable bonds is 3. The molecule has 1 saturated heterocycles. The van der Waals surface area contributed by atoms with Crippen LogP contribution in [0.5, 0.6) is 0 Å². The van der Waals surface area contributed by atoms with E-state index >= 15 is 0 Å². The number of aliphatic hydroxyl groups is 1. The molecule has 2 heteroatoms. The van der Waals surface area contributed by atoms with Gasteiger partial charge in [-0.3, -0.25) is 0 Å². The van der Waals surface area contributed by atoms with Crippen LogP contribution in [0.3, 0.4) is 0 Å². The van der Waals surface area contributed by atoms with E-state index < -0.39 is 0 Å². The van der Waals surface area contributed by atoms with Gasteiger partial charge in [-0.1, -0.05) is 6.92 Å². The zero-order valence-corrected chi connectivity index (χ0v) is 5.13. The number of ether oxygens (including phenoxy) is 1. The van der Waals surface area contributed by atoms with Gasteiger partial charge >= 0.3 is 0 Å². The molecule has 1 N–H and O–H groups in total. The third kappa shape index (κ3) is 1.20. The van der Waals surface area contributed by atoms with Gasteiger partial charge in [-0.25, -0.2) is 0 Å². The fraction of sp³-hybridized carbons (Fsp3) is 1.00. The summed E-state index contributed by atoms with van der Waals surface area (Å²) in [6.45, 7) is 3.21. The van der Waals surface area contributed by atoms with Crippen LogP contribution in [0.1, 0.15) is 13.3 Å². The van der Waals surface area contributed by atoms with Crippen molar-refractivity contribution in [3.8, 4) is 0 Å². The average Bonchev–Trinajstić information content (AvgIpc) is 2.53. The molecule has 0 aromatic rings. The summed E-state index contributed by atoms with van der Waals surface area (Å²) in [5.74, 6) is 0.398. The normalized spacial score (nSPS) is 30.0. The van der Waals surface area contributed by atoms with Gasteiger partial charge in [0.05, 0.1) is 12.7 Å². The van der Waals surface area contributed by atoms with Crippen LogP contribution in [-0.4, -0.2) is 24.4 Å². The highest BCUT2D eigenvalue weighted by Crippen LogP contribution is 2.21. The van der Waals surface area contributed by atoms with Crippen LogP contribution >= 0.6 is 0 Å². The van der Waals surface area contributed by atoms with Crippen molar-refractivity contribution in [3.05, 3.63) is 0 Å². The predicted molar refractivity (Wildman–Crippen MR) is 30.6 cm³/mol. The van der Waals surface area contributed by atoms with Gasteiger partial charge in [0.1, 0.15) is 0 Å². The Hall–Kier alpha value is -0.0800. The van der Waals surface area contributed by atoms with E-state index in [0.717, 1.165) is 13.0 Å². The Bertz CT molecular complexity index is 64.9. The lowest BCUT2D eigenvalue weighted by molar-refractivity contribution is 0.189. The van der Waals surface area contributed by atoms with Gasteiger partial charge in [-0.15, -0.1) is 0 Å². The van der Waals surface area contributed by atoms with E-state index in [-0.39, 0.29) is 6.61 Å². The second-order valence-electron chi connectivity index (χ2n) is 2.22. The van der Waals surface area contributed by atoms with Gasteiger partial charge in [-0.2, -0.15) is 0 Å². The van der Waals surface area contributed by atoms with Crippen molar-refractivity contribution in [2.75, 3.05) is 13.2 Å². The summed E-state index contributed by atoms with van der Waals surface area (Å²) in [7, 11) is 0. The van der Waals surface area contributed by atoms with Crippen molar-refractivity contribution in [2.24, 2.45) is 5.92 Å². The molecule has 1 aliphatic heterocycles. The topological polar surface area (TPSA) is 32.8 Å². The molecule has 1 heterocycles. The van der Waals surface area contributed by atoms with Crippen molar-refractivity contribution in [3.63, 3.8) is 0 Å². The van der Waals surface area contributed by atoms with Crippen molar-refractivity contribution >= 4 is 0 Å². The van der Waals surface area contributed by atoms with E-state index in [1.807, 2.05) is 0 Å². The smallest absolute Gasteiger partial charge is 0.0859 e. The Kier molecular flexibility index (Phi) is 1.86. The third-order valence-corrected chi connectivity index (χ3v) is 1.64. The number of aliphatic hydroxyl groups excluding tert-OH is 1. The van der Waals surface area contributed by atoms with Crippen LogP contribution in [0.25, 0.3) is 0 Å². The van der Waals surface area contributed by atoms with Gasteiger partial charge in [-0.05, 0) is 6.42 Å². The Labute approximate surface area is 49.5 Å². The van der Waals surface area contributed by atoms with Gasteiger partial charge in [0.2, 0.25) is 0 Å². The molecule has 0 aromatic carbocycles. The molecule has 1 aliphatic rings. The maximum Gasteiger partial charge on any atom is 0.0859 e. The molecule has 0 spiro atoms. The highest BCUT2D eigenvalue weighted by Gasteiger charge is 2.30. The van der Waals surface area contributed by atoms with Gasteiger partial charge < -0.3 is 9.84 Å². The minimum atomic E-state index is 0.279. The van der Waals surface area contributed by atoms with E-state index in [2.05, 4.69) is 6.92 Å². The molecule has 8 heavy (non-hydrogen) atoms. The first-order chi connectivity index (χ1) is 3.88. The van der Waals surface area contributed by atoms with Gasteiger partial charge in [0.25, 0.3) is 0 Å². The summed E-state index contributed by atoms with van der Waals surface area (Å²) in [5, 5.41) is 8.66. The summed E-state index contributed by atoms with van der Waals surface area (Å²) >= 11 is 0. The quantitative estimate of drug-likeness (QED) is 0.541. The SMILES string of the molecule is CCC(CO)C1CO1. The average molecular weight is 116 g/mol. The first-order valence-electron chi connectivity index (χ1n) is 3.11. The first kappa shape index (κ1) is 6.05. The van der Waals surface area contributed by atoms with E-state index in [1.165, 1.54) is 0 Å². The lowest BCUT2D eigenvalue weighted by atomic mass is 10.1. The van der Waals surface area contributed by atoms with Crippen LogP contribution < -0.4 is 0 Å². The van der Waals surface area contributed by atoms with E-state index in [1.54, 1.807) is 0 Å². The molecule has 2 nitrogen and oxygen atoms in total. The molecule has 1 rings (SSSR count). The number of hydrogen-bond acceptors (Lipinski definition) is 2. The second-order valence-corrected chi connectivity index (χ2v) is 2.22. The second kappa shape index (κ2) is 2.46. The van der Waals surface area contributed by atoms with Gasteiger partial charge in [0.15, 0.2) is 0 Å². The molecule has 2 atom stereocenters. The number of hydrogen-bond donors (Lipinski definition) is 1. The summed E-state index contributed by atoms with van der Waals surface area (Å²) in [6.07, 6.45) is 1.41. The summed E-state index contributed by atoms with van der Waals surface area (Å²) < 4.78 is 4.99. The van der Waals surface area contributed by atoms with Crippen LogP contribution in [-0.2, 0) is 4.74 Å². The molecule has 0 amide bonds. The Morgan fingerprint density at radius 3 is 2.62 bits per heavy atom. The van der Waals surface area contributed by atoms with Gasteiger partial charge in [0, 0.05) is 12.5 Å². The zero-order valence-electron chi connectivity index (χ0n) is 5.13. The lowest BCUT2D eigenvalue weighted by Gasteiger charge is -2.04. The molecule has 48 valence electrons. The molecule has 0 aliphatic carbocycles. The van der Waals surface area contributed by atoms with Crippen molar-refractivity contribution in [1.82, 2.24) is 0 Å². The maximum atomic E-state index is 8.66. The molecular formula is C6H12O2. The van der Waals surface area contributed by atoms with Crippen LogP contribution in [0, 0.1) is 5.92 Å². The molecule has 0 radical (unpaired) electrons. The van der Waals surface area contributed by atoms with Crippen molar-refractivity contribution in [1.29, 1.82) is 0 Å². The zero-order chi connectivity index (χ0) is 5.98. The molecule has 1 fully saturated rings. The van der Waals surface area contributed by atoms with E-state index in [4.69, 9.17) is 9.84 Å². The number of epoxide rings is 1. The third-order valence-electron chi connectivity index (χ3n) is 1.64. The largest absolute Gasteiger partial charge is 0.396 e. The van der Waals surface area contributed by atoms with Crippen LogP contribution in [0.2, 0.25) is 0 Å². The maximum absolute atomic E-state index is 8.66. The predicted octanol–water partition coefficient (Wildman–Crippen LogP) is 0.404. The van der Waals surface area contributed by atoms with Crippen molar-refractivity contribution < 1.29 is 9.84 Å². The summed E-state index contributed by atoms with van der Waals surface area (Å²) in [4.78, 5) is 0. The minimum absolute atomic E-state index is 0.279. The molecule has 2 unspecified atom stereocenters. The van der Waals surface area contributed by atoms with E-state index in [9.17, 15) is 0 Å². The molecule has 0 saturated carbocycles. The van der Waals surface area contributed by atoms with Crippen LogP contribution in [0.15, 0.2) is 0 Å². The molecule has 0 bridgehead atoms. The molecular weight excluding hydrogens is 104 g/mol. The fourth-order valence-corrected chi connectivity index (χ4v) is 0.837. The highest BCUT2D eigenvalue weighted by molar-refractivity contribution is 4.76. The Balaban J connectivity index is 2.15. The monoisotopic (exact) mass is 116 g/mol. The van der Waals surface area contributed by atoms with E-state index in [0.29, 0.717) is 12.0 Å². The Morgan fingerprint density at radius 2 is 2.50 bits per heavy atom. The lowest BCUT2D eigenvalue weighted by Crippen LogP contribution is -2.11. The first-order valence-corrected chi connectivity index (χ1v) is 3.11.